The van der Waals surface area contributed by atoms with E-state index >= 15 is 0 Å². The van der Waals surface area contributed by atoms with E-state index in [9.17, 15) is 12.8 Å². The Labute approximate surface area is 114 Å². The summed E-state index contributed by atoms with van der Waals surface area (Å²) in [5.41, 5.74) is 1.24. The van der Waals surface area contributed by atoms with Gasteiger partial charge in [0.05, 0.1) is 0 Å². The zero-order chi connectivity index (χ0) is 14.2. The van der Waals surface area contributed by atoms with E-state index in [2.05, 4.69) is 14.7 Å². The summed E-state index contributed by atoms with van der Waals surface area (Å²) in [4.78, 5) is 6.57. The summed E-state index contributed by atoms with van der Waals surface area (Å²) in [6, 6.07) is 9.19. The molecule has 3 rings (SSSR count). The number of nitrogens with zero attached hydrogens (tertiary/aromatic N) is 1. The summed E-state index contributed by atoms with van der Waals surface area (Å²) in [6.07, 6.45) is 2.98. The molecular formula is C13H10FN3O2S. The maximum atomic E-state index is 13.5. The second kappa shape index (κ2) is 4.61. The normalized spacial score (nSPS) is 11.7. The minimum Gasteiger partial charge on any atom is -0.361 e. The van der Waals surface area contributed by atoms with Crippen LogP contribution in [0.1, 0.15) is 0 Å². The number of nitrogens with one attached hydrogen (secondary N) is 2. The molecule has 0 aliphatic rings. The van der Waals surface area contributed by atoms with E-state index in [0.717, 1.165) is 17.0 Å². The third-order valence-electron chi connectivity index (χ3n) is 2.78. The fourth-order valence-electron chi connectivity index (χ4n) is 1.89. The lowest BCUT2D eigenvalue weighted by molar-refractivity contribution is 0.557. The van der Waals surface area contributed by atoms with Gasteiger partial charge in [0.1, 0.15) is 0 Å². The summed E-state index contributed by atoms with van der Waals surface area (Å²) in [5.74, 6) is -0.886. The molecule has 0 radical (unpaired) electrons. The third kappa shape index (κ3) is 2.23. The Kier molecular flexibility index (Phi) is 2.90. The summed E-state index contributed by atoms with van der Waals surface area (Å²) in [6.45, 7) is 0. The Morgan fingerprint density at radius 3 is 2.85 bits per heavy atom. The van der Waals surface area contributed by atoms with E-state index < -0.39 is 20.9 Å². The Morgan fingerprint density at radius 2 is 2.05 bits per heavy atom. The first-order valence-electron chi connectivity index (χ1n) is 5.77. The number of aromatic amines is 1. The topological polar surface area (TPSA) is 74.8 Å². The Balaban J connectivity index is 1.99. The number of aromatic nitrogens is 2. The first-order valence-corrected chi connectivity index (χ1v) is 7.25. The first kappa shape index (κ1) is 12.6. The highest BCUT2D eigenvalue weighted by atomic mass is 32.2. The predicted molar refractivity (Wildman–Crippen MR) is 73.3 cm³/mol. The molecule has 1 aromatic carbocycles. The molecule has 0 bridgehead atoms. The number of hydrogen-bond donors (Lipinski definition) is 2. The van der Waals surface area contributed by atoms with Gasteiger partial charge >= 0.3 is 0 Å². The van der Waals surface area contributed by atoms with E-state index in [0.29, 0.717) is 5.69 Å². The standard InChI is InChI=1S/C13H10FN3O2S/c14-11-2-1-6-16-13(11)20(18,19)17-10-3-4-12-9(8-10)5-7-15-12/h1-8,15,17H. The van der Waals surface area contributed by atoms with Gasteiger partial charge < -0.3 is 4.98 Å². The van der Waals surface area contributed by atoms with Gasteiger partial charge in [-0.2, -0.15) is 8.42 Å². The number of fused-ring (bicyclic) bond motifs is 1. The van der Waals surface area contributed by atoms with Gasteiger partial charge in [-0.3, -0.25) is 4.72 Å². The van der Waals surface area contributed by atoms with E-state index in [1.165, 1.54) is 12.3 Å². The molecule has 0 spiro atoms. The zero-order valence-electron chi connectivity index (χ0n) is 10.2. The molecule has 20 heavy (non-hydrogen) atoms. The van der Waals surface area contributed by atoms with Crippen LogP contribution in [0.5, 0.6) is 0 Å². The molecule has 7 heteroatoms. The molecule has 0 fully saturated rings. The number of anilines is 1. The van der Waals surface area contributed by atoms with Crippen LogP contribution >= 0.6 is 0 Å². The van der Waals surface area contributed by atoms with E-state index in [-0.39, 0.29) is 0 Å². The van der Waals surface area contributed by atoms with Gasteiger partial charge in [-0.05, 0) is 36.4 Å². The lowest BCUT2D eigenvalue weighted by atomic mass is 10.2. The molecule has 0 saturated carbocycles. The molecule has 102 valence electrons. The van der Waals surface area contributed by atoms with Crippen molar-refractivity contribution < 1.29 is 12.8 Å². The fourth-order valence-corrected chi connectivity index (χ4v) is 2.95. The van der Waals surface area contributed by atoms with Crippen molar-refractivity contribution in [3.8, 4) is 0 Å². The quantitative estimate of drug-likeness (QED) is 0.778. The number of sulfonamides is 1. The van der Waals surface area contributed by atoms with Crippen LogP contribution < -0.4 is 4.72 Å². The van der Waals surface area contributed by atoms with Crippen LogP contribution in [-0.4, -0.2) is 18.4 Å². The van der Waals surface area contributed by atoms with Crippen molar-refractivity contribution in [1.82, 2.24) is 9.97 Å². The smallest absolute Gasteiger partial charge is 0.282 e. The molecule has 0 saturated heterocycles. The number of pyridine rings is 1. The molecule has 0 amide bonds. The average molecular weight is 291 g/mol. The highest BCUT2D eigenvalue weighted by molar-refractivity contribution is 7.92. The number of benzene rings is 1. The summed E-state index contributed by atoms with van der Waals surface area (Å²) in [7, 11) is -4.04. The van der Waals surface area contributed by atoms with Gasteiger partial charge in [0.2, 0.25) is 5.03 Å². The van der Waals surface area contributed by atoms with Crippen LogP contribution in [0.25, 0.3) is 10.9 Å². The maximum absolute atomic E-state index is 13.5. The largest absolute Gasteiger partial charge is 0.361 e. The van der Waals surface area contributed by atoms with Gasteiger partial charge in [0, 0.05) is 29.0 Å². The van der Waals surface area contributed by atoms with E-state index in [1.807, 2.05) is 6.07 Å². The molecule has 2 aromatic heterocycles. The minimum absolute atomic E-state index is 0.349. The fraction of sp³-hybridized carbons (Fsp3) is 0. The summed E-state index contributed by atoms with van der Waals surface area (Å²) in [5, 5.41) is 0.237. The number of halogens is 1. The third-order valence-corrected chi connectivity index (χ3v) is 4.10. The van der Waals surface area contributed by atoms with Crippen LogP contribution in [0.2, 0.25) is 0 Å². The van der Waals surface area contributed by atoms with Gasteiger partial charge in [-0.25, -0.2) is 9.37 Å². The number of hydrogen-bond acceptors (Lipinski definition) is 3. The highest BCUT2D eigenvalue weighted by Gasteiger charge is 2.20. The van der Waals surface area contributed by atoms with Crippen LogP contribution in [0.4, 0.5) is 10.1 Å². The van der Waals surface area contributed by atoms with Crippen molar-refractivity contribution in [2.24, 2.45) is 0 Å². The molecule has 0 aliphatic carbocycles. The van der Waals surface area contributed by atoms with Gasteiger partial charge in [0.15, 0.2) is 5.82 Å². The Bertz CT molecular complexity index is 874. The first-order chi connectivity index (χ1) is 9.56. The van der Waals surface area contributed by atoms with Crippen LogP contribution in [-0.2, 0) is 10.0 Å². The van der Waals surface area contributed by atoms with Crippen LogP contribution in [0.15, 0.2) is 53.8 Å². The SMILES string of the molecule is O=S(=O)(Nc1ccc2[nH]ccc2c1)c1ncccc1F. The predicted octanol–water partition coefficient (Wildman–Crippen LogP) is 2.50. The van der Waals surface area contributed by atoms with Crippen molar-refractivity contribution in [3.05, 3.63) is 54.6 Å². The van der Waals surface area contributed by atoms with Crippen molar-refractivity contribution in [2.45, 2.75) is 5.03 Å². The molecular weight excluding hydrogens is 281 g/mol. The van der Waals surface area contributed by atoms with E-state index in [1.54, 1.807) is 24.4 Å². The molecule has 3 aromatic rings. The van der Waals surface area contributed by atoms with E-state index in [4.69, 9.17) is 0 Å². The lowest BCUT2D eigenvalue weighted by Crippen LogP contribution is -2.16. The monoisotopic (exact) mass is 291 g/mol. The second-order valence-electron chi connectivity index (χ2n) is 4.18. The summed E-state index contributed by atoms with van der Waals surface area (Å²) < 4.78 is 40.0. The van der Waals surface area contributed by atoms with Crippen LogP contribution in [0.3, 0.4) is 0 Å². The Morgan fingerprint density at radius 1 is 1.20 bits per heavy atom. The van der Waals surface area contributed by atoms with Crippen molar-refractivity contribution in [3.63, 3.8) is 0 Å². The number of rotatable bonds is 3. The number of H-pyrrole nitrogens is 1. The zero-order valence-corrected chi connectivity index (χ0v) is 11.0. The molecule has 0 unspecified atom stereocenters. The average Bonchev–Trinajstić information content (AvgIpc) is 2.86. The van der Waals surface area contributed by atoms with Crippen molar-refractivity contribution >= 4 is 26.6 Å². The lowest BCUT2D eigenvalue weighted by Gasteiger charge is -2.08. The minimum atomic E-state index is -4.04. The van der Waals surface area contributed by atoms with Crippen molar-refractivity contribution in [2.75, 3.05) is 4.72 Å². The van der Waals surface area contributed by atoms with Gasteiger partial charge in [0.25, 0.3) is 10.0 Å². The molecule has 2 heterocycles. The van der Waals surface area contributed by atoms with Crippen LogP contribution in [0, 0.1) is 5.82 Å². The maximum Gasteiger partial charge on any atom is 0.282 e. The molecule has 0 aliphatic heterocycles. The second-order valence-corrected chi connectivity index (χ2v) is 5.77. The van der Waals surface area contributed by atoms with Gasteiger partial charge in [-0.15, -0.1) is 0 Å². The summed E-state index contributed by atoms with van der Waals surface area (Å²) >= 11 is 0. The molecule has 2 N–H and O–H groups in total. The Hall–Kier alpha value is -2.41. The van der Waals surface area contributed by atoms with Crippen molar-refractivity contribution in [1.29, 1.82) is 0 Å². The van der Waals surface area contributed by atoms with Gasteiger partial charge in [-0.1, -0.05) is 0 Å². The highest BCUT2D eigenvalue weighted by Crippen LogP contribution is 2.21. The molecule has 5 nitrogen and oxygen atoms in total. The molecule has 0 atom stereocenters.